The summed E-state index contributed by atoms with van der Waals surface area (Å²) in [5.41, 5.74) is 0.756. The third-order valence-electron chi connectivity index (χ3n) is 2.65. The second-order valence-electron chi connectivity index (χ2n) is 3.99. The fraction of sp³-hybridized carbons (Fsp3) is 0.308. The van der Waals surface area contributed by atoms with Crippen LogP contribution in [0.25, 0.3) is 0 Å². The quantitative estimate of drug-likeness (QED) is 0.891. The van der Waals surface area contributed by atoms with Gasteiger partial charge in [-0.15, -0.1) is 0 Å². The predicted octanol–water partition coefficient (Wildman–Crippen LogP) is 4.21. The standard InChI is InChI=1S/C13H15Cl2N3/c1-2-7-18-8-6-16-12(18)9-17-13-10(14)4-3-5-11(13)15/h3-6,8,17H,2,7,9H2,1H3. The Morgan fingerprint density at radius 2 is 2.00 bits per heavy atom. The number of nitrogens with one attached hydrogen (secondary N) is 1. The average molecular weight is 284 g/mol. The summed E-state index contributed by atoms with van der Waals surface area (Å²) >= 11 is 12.2. The maximum Gasteiger partial charge on any atom is 0.128 e. The van der Waals surface area contributed by atoms with Gasteiger partial charge in [0.15, 0.2) is 0 Å². The van der Waals surface area contributed by atoms with Gasteiger partial charge < -0.3 is 9.88 Å². The first-order chi connectivity index (χ1) is 8.72. The molecule has 18 heavy (non-hydrogen) atoms. The van der Waals surface area contributed by atoms with E-state index >= 15 is 0 Å². The van der Waals surface area contributed by atoms with Crippen molar-refractivity contribution < 1.29 is 0 Å². The van der Waals surface area contributed by atoms with E-state index in [1.165, 1.54) is 0 Å². The number of aryl methyl sites for hydroxylation is 1. The Morgan fingerprint density at radius 1 is 1.28 bits per heavy atom. The molecule has 0 aliphatic rings. The molecule has 0 fully saturated rings. The zero-order valence-corrected chi connectivity index (χ0v) is 11.7. The minimum atomic E-state index is 0.608. The largest absolute Gasteiger partial charge is 0.375 e. The smallest absolute Gasteiger partial charge is 0.128 e. The van der Waals surface area contributed by atoms with E-state index in [4.69, 9.17) is 23.2 Å². The van der Waals surface area contributed by atoms with Crippen LogP contribution in [0.4, 0.5) is 5.69 Å². The molecular formula is C13H15Cl2N3. The molecule has 0 amide bonds. The number of hydrogen-bond donors (Lipinski definition) is 1. The first-order valence-corrected chi connectivity index (χ1v) is 6.66. The molecule has 1 N–H and O–H groups in total. The van der Waals surface area contributed by atoms with E-state index in [1.807, 2.05) is 24.4 Å². The van der Waals surface area contributed by atoms with E-state index in [-0.39, 0.29) is 0 Å². The molecule has 0 saturated carbocycles. The normalized spacial score (nSPS) is 10.6. The maximum atomic E-state index is 6.10. The van der Waals surface area contributed by atoms with Crippen molar-refractivity contribution >= 4 is 28.9 Å². The second kappa shape index (κ2) is 6.12. The highest BCUT2D eigenvalue weighted by Gasteiger charge is 2.07. The molecule has 0 aliphatic carbocycles. The van der Waals surface area contributed by atoms with Gasteiger partial charge in [-0.1, -0.05) is 36.2 Å². The molecule has 1 aromatic heterocycles. The van der Waals surface area contributed by atoms with Crippen LogP contribution in [0.1, 0.15) is 19.2 Å². The van der Waals surface area contributed by atoms with Crippen LogP contribution < -0.4 is 5.32 Å². The van der Waals surface area contributed by atoms with Crippen LogP contribution >= 0.6 is 23.2 Å². The monoisotopic (exact) mass is 283 g/mol. The van der Waals surface area contributed by atoms with Crippen molar-refractivity contribution in [1.82, 2.24) is 9.55 Å². The van der Waals surface area contributed by atoms with Crippen LogP contribution in [0, 0.1) is 0 Å². The molecule has 0 saturated heterocycles. The number of aromatic nitrogens is 2. The van der Waals surface area contributed by atoms with Crippen molar-refractivity contribution in [2.24, 2.45) is 0 Å². The van der Waals surface area contributed by atoms with Crippen molar-refractivity contribution in [3.8, 4) is 0 Å². The summed E-state index contributed by atoms with van der Waals surface area (Å²) in [6.07, 6.45) is 4.87. The third kappa shape index (κ3) is 2.98. The topological polar surface area (TPSA) is 29.9 Å². The minimum Gasteiger partial charge on any atom is -0.375 e. The van der Waals surface area contributed by atoms with Crippen LogP contribution in [-0.2, 0) is 13.1 Å². The number of hydrogen-bond acceptors (Lipinski definition) is 2. The van der Waals surface area contributed by atoms with Gasteiger partial charge in [0, 0.05) is 18.9 Å². The summed E-state index contributed by atoms with van der Waals surface area (Å²) in [6.45, 7) is 3.71. The molecule has 0 aliphatic heterocycles. The first kappa shape index (κ1) is 13.2. The van der Waals surface area contributed by atoms with Gasteiger partial charge in [0.1, 0.15) is 5.82 Å². The van der Waals surface area contributed by atoms with E-state index in [0.717, 1.165) is 24.5 Å². The number of benzene rings is 1. The van der Waals surface area contributed by atoms with E-state index in [0.29, 0.717) is 16.6 Å². The molecule has 0 atom stereocenters. The molecule has 2 aromatic rings. The Kier molecular flexibility index (Phi) is 4.50. The summed E-state index contributed by atoms with van der Waals surface area (Å²) in [6, 6.07) is 5.45. The highest BCUT2D eigenvalue weighted by atomic mass is 35.5. The van der Waals surface area contributed by atoms with Crippen molar-refractivity contribution in [3.63, 3.8) is 0 Å². The van der Waals surface area contributed by atoms with Crippen LogP contribution in [0.3, 0.4) is 0 Å². The predicted molar refractivity (Wildman–Crippen MR) is 76.3 cm³/mol. The number of nitrogens with zero attached hydrogens (tertiary/aromatic N) is 2. The number of para-hydroxylation sites is 1. The van der Waals surface area contributed by atoms with E-state index in [9.17, 15) is 0 Å². The van der Waals surface area contributed by atoms with Crippen LogP contribution in [0.5, 0.6) is 0 Å². The van der Waals surface area contributed by atoms with E-state index < -0.39 is 0 Å². The molecule has 0 bridgehead atoms. The van der Waals surface area contributed by atoms with E-state index in [2.05, 4.69) is 21.8 Å². The lowest BCUT2D eigenvalue weighted by Gasteiger charge is -2.11. The van der Waals surface area contributed by atoms with Gasteiger partial charge in [0.2, 0.25) is 0 Å². The van der Waals surface area contributed by atoms with Gasteiger partial charge in [0.25, 0.3) is 0 Å². The Morgan fingerprint density at radius 3 is 2.67 bits per heavy atom. The molecule has 1 aromatic carbocycles. The van der Waals surface area contributed by atoms with Crippen LogP contribution in [0.15, 0.2) is 30.6 Å². The second-order valence-corrected chi connectivity index (χ2v) is 4.80. The molecule has 3 nitrogen and oxygen atoms in total. The van der Waals surface area contributed by atoms with Crippen LogP contribution in [0.2, 0.25) is 10.0 Å². The fourth-order valence-electron chi connectivity index (χ4n) is 1.79. The van der Waals surface area contributed by atoms with E-state index in [1.54, 1.807) is 6.20 Å². The van der Waals surface area contributed by atoms with Crippen molar-refractivity contribution in [2.45, 2.75) is 26.4 Å². The number of rotatable bonds is 5. The van der Waals surface area contributed by atoms with Gasteiger partial charge in [0.05, 0.1) is 22.3 Å². The highest BCUT2D eigenvalue weighted by molar-refractivity contribution is 6.39. The molecule has 2 rings (SSSR count). The summed E-state index contributed by atoms with van der Waals surface area (Å²) < 4.78 is 2.12. The van der Waals surface area contributed by atoms with Gasteiger partial charge in [-0.3, -0.25) is 0 Å². The average Bonchev–Trinajstić information content (AvgIpc) is 2.77. The van der Waals surface area contributed by atoms with Crippen molar-refractivity contribution in [1.29, 1.82) is 0 Å². The SMILES string of the molecule is CCCn1ccnc1CNc1c(Cl)cccc1Cl. The van der Waals surface area contributed by atoms with Crippen molar-refractivity contribution in [2.75, 3.05) is 5.32 Å². The number of anilines is 1. The summed E-state index contributed by atoms with van der Waals surface area (Å²) in [5.74, 6) is 0.979. The molecule has 0 radical (unpaired) electrons. The molecule has 0 spiro atoms. The van der Waals surface area contributed by atoms with Gasteiger partial charge >= 0.3 is 0 Å². The minimum absolute atomic E-state index is 0.608. The summed E-state index contributed by atoms with van der Waals surface area (Å²) in [7, 11) is 0. The Labute approximate surface area is 117 Å². The Bertz CT molecular complexity index is 502. The number of halogens is 2. The first-order valence-electron chi connectivity index (χ1n) is 5.90. The third-order valence-corrected chi connectivity index (χ3v) is 3.28. The molecule has 0 unspecified atom stereocenters. The number of imidazole rings is 1. The Hall–Kier alpha value is -1.19. The van der Waals surface area contributed by atoms with Crippen molar-refractivity contribution in [3.05, 3.63) is 46.5 Å². The lowest BCUT2D eigenvalue weighted by molar-refractivity contribution is 0.644. The summed E-state index contributed by atoms with van der Waals surface area (Å²) in [4.78, 5) is 4.32. The lowest BCUT2D eigenvalue weighted by atomic mass is 10.3. The molecule has 96 valence electrons. The lowest BCUT2D eigenvalue weighted by Crippen LogP contribution is -2.08. The molecule has 1 heterocycles. The zero-order valence-electron chi connectivity index (χ0n) is 10.2. The van der Waals surface area contributed by atoms with Gasteiger partial charge in [-0.2, -0.15) is 0 Å². The Balaban J connectivity index is 2.09. The summed E-state index contributed by atoms with van der Waals surface area (Å²) in [5, 5.41) is 4.48. The molecular weight excluding hydrogens is 269 g/mol. The van der Waals surface area contributed by atoms with Gasteiger partial charge in [-0.25, -0.2) is 4.98 Å². The fourth-order valence-corrected chi connectivity index (χ4v) is 2.32. The highest BCUT2D eigenvalue weighted by Crippen LogP contribution is 2.30. The van der Waals surface area contributed by atoms with Gasteiger partial charge in [-0.05, 0) is 18.6 Å². The van der Waals surface area contributed by atoms with Crippen LogP contribution in [-0.4, -0.2) is 9.55 Å². The zero-order chi connectivity index (χ0) is 13.0. The maximum absolute atomic E-state index is 6.10. The molecule has 5 heteroatoms.